The van der Waals surface area contributed by atoms with Gasteiger partial charge >= 0.3 is 0 Å². The number of terminal acetylenes is 1. The van der Waals surface area contributed by atoms with Crippen LogP contribution >= 0.6 is 0 Å². The summed E-state index contributed by atoms with van der Waals surface area (Å²) in [6.07, 6.45) is 6.63. The van der Waals surface area contributed by atoms with Crippen molar-refractivity contribution in [2.45, 2.75) is 18.9 Å². The highest BCUT2D eigenvalue weighted by Crippen LogP contribution is 1.93. The summed E-state index contributed by atoms with van der Waals surface area (Å²) in [5.41, 5.74) is 5.68. The molecule has 0 fully saturated rings. The normalized spacial score (nSPS) is 12.4. The smallest absolute Gasteiger partial charge is 0.0701 e. The Morgan fingerprint density at radius 3 is 2.83 bits per heavy atom. The van der Waals surface area contributed by atoms with Crippen LogP contribution in [-0.2, 0) is 9.47 Å². The minimum absolute atomic E-state index is 0.0536. The Labute approximate surface area is 74.2 Å². The molecule has 0 aliphatic carbocycles. The van der Waals surface area contributed by atoms with Gasteiger partial charge in [0, 0.05) is 19.6 Å². The lowest BCUT2D eigenvalue weighted by Crippen LogP contribution is -2.26. The number of methoxy groups -OCH3 is 1. The zero-order valence-electron chi connectivity index (χ0n) is 7.58. The van der Waals surface area contributed by atoms with E-state index in [0.29, 0.717) is 19.8 Å². The van der Waals surface area contributed by atoms with Crippen molar-refractivity contribution in [1.29, 1.82) is 0 Å². The summed E-state index contributed by atoms with van der Waals surface area (Å²) in [7, 11) is 1.64. The summed E-state index contributed by atoms with van der Waals surface area (Å²) < 4.78 is 10.0. The van der Waals surface area contributed by atoms with E-state index < -0.39 is 0 Å². The summed E-state index contributed by atoms with van der Waals surface area (Å²) in [6, 6.07) is 0.0536. The van der Waals surface area contributed by atoms with Gasteiger partial charge in [-0.1, -0.05) is 0 Å². The fraction of sp³-hybridized carbons (Fsp3) is 0.778. The van der Waals surface area contributed by atoms with Gasteiger partial charge in [0.25, 0.3) is 0 Å². The van der Waals surface area contributed by atoms with Gasteiger partial charge in [0.15, 0.2) is 0 Å². The fourth-order valence-corrected chi connectivity index (χ4v) is 0.729. The van der Waals surface area contributed by atoms with Crippen molar-refractivity contribution < 1.29 is 9.47 Å². The van der Waals surface area contributed by atoms with Gasteiger partial charge in [0.05, 0.1) is 19.8 Å². The third kappa shape index (κ3) is 7.55. The third-order valence-electron chi connectivity index (χ3n) is 1.42. The zero-order valence-corrected chi connectivity index (χ0v) is 7.58. The van der Waals surface area contributed by atoms with E-state index in [1.54, 1.807) is 7.11 Å². The topological polar surface area (TPSA) is 44.5 Å². The molecule has 0 bridgehead atoms. The van der Waals surface area contributed by atoms with E-state index >= 15 is 0 Å². The molecule has 0 aromatic carbocycles. The van der Waals surface area contributed by atoms with Crippen molar-refractivity contribution in [3.63, 3.8) is 0 Å². The monoisotopic (exact) mass is 171 g/mol. The maximum atomic E-state index is 5.68. The molecule has 0 spiro atoms. The SMILES string of the molecule is C#CCCC(N)COCCOC. The largest absolute Gasteiger partial charge is 0.382 e. The molecule has 2 N–H and O–H groups in total. The first kappa shape index (κ1) is 11.4. The molecular weight excluding hydrogens is 154 g/mol. The molecule has 0 heterocycles. The summed E-state index contributed by atoms with van der Waals surface area (Å²) in [4.78, 5) is 0. The molecule has 1 unspecified atom stereocenters. The first-order valence-electron chi connectivity index (χ1n) is 4.07. The number of hydrogen-bond donors (Lipinski definition) is 1. The van der Waals surface area contributed by atoms with Crippen LogP contribution in [0.4, 0.5) is 0 Å². The van der Waals surface area contributed by atoms with Crippen LogP contribution in [0.1, 0.15) is 12.8 Å². The summed E-state index contributed by atoms with van der Waals surface area (Å²) in [6.45, 7) is 1.77. The highest BCUT2D eigenvalue weighted by atomic mass is 16.5. The van der Waals surface area contributed by atoms with Crippen molar-refractivity contribution in [3.05, 3.63) is 0 Å². The van der Waals surface area contributed by atoms with Crippen LogP contribution in [0, 0.1) is 12.3 Å². The van der Waals surface area contributed by atoms with Crippen LogP contribution < -0.4 is 5.73 Å². The average Bonchev–Trinajstić information content (AvgIpc) is 2.09. The van der Waals surface area contributed by atoms with Crippen LogP contribution in [-0.4, -0.2) is 33.0 Å². The van der Waals surface area contributed by atoms with Gasteiger partial charge in [-0.2, -0.15) is 0 Å². The van der Waals surface area contributed by atoms with Gasteiger partial charge in [0.1, 0.15) is 0 Å². The van der Waals surface area contributed by atoms with E-state index in [1.165, 1.54) is 0 Å². The number of rotatable bonds is 7. The molecule has 1 atom stereocenters. The Morgan fingerprint density at radius 2 is 2.25 bits per heavy atom. The molecule has 0 aromatic rings. The van der Waals surface area contributed by atoms with Gasteiger partial charge in [0.2, 0.25) is 0 Å². The Hall–Kier alpha value is -0.560. The molecule has 0 rings (SSSR count). The van der Waals surface area contributed by atoms with E-state index in [2.05, 4.69) is 5.92 Å². The fourth-order valence-electron chi connectivity index (χ4n) is 0.729. The number of hydrogen-bond acceptors (Lipinski definition) is 3. The predicted octanol–water partition coefficient (Wildman–Crippen LogP) is 0.390. The molecular formula is C9H17NO2. The molecule has 0 aliphatic heterocycles. The first-order valence-corrected chi connectivity index (χ1v) is 4.07. The second kappa shape index (κ2) is 8.54. The second-order valence-electron chi connectivity index (χ2n) is 2.57. The highest BCUT2D eigenvalue weighted by molar-refractivity contribution is 4.84. The molecule has 12 heavy (non-hydrogen) atoms. The van der Waals surface area contributed by atoms with E-state index in [4.69, 9.17) is 21.6 Å². The molecule has 3 heteroatoms. The summed E-state index contributed by atoms with van der Waals surface area (Å²) in [5.74, 6) is 2.54. The lowest BCUT2D eigenvalue weighted by atomic mass is 10.2. The molecule has 0 saturated carbocycles. The van der Waals surface area contributed by atoms with Crippen LogP contribution in [0.3, 0.4) is 0 Å². The van der Waals surface area contributed by atoms with E-state index in [1.807, 2.05) is 0 Å². The molecule has 0 aliphatic rings. The minimum Gasteiger partial charge on any atom is -0.382 e. The van der Waals surface area contributed by atoms with Crippen molar-refractivity contribution in [2.75, 3.05) is 26.9 Å². The molecule has 0 saturated heterocycles. The Kier molecular flexibility index (Phi) is 8.14. The van der Waals surface area contributed by atoms with E-state index in [-0.39, 0.29) is 6.04 Å². The van der Waals surface area contributed by atoms with Crippen LogP contribution in [0.15, 0.2) is 0 Å². The highest BCUT2D eigenvalue weighted by Gasteiger charge is 2.00. The molecule has 0 radical (unpaired) electrons. The van der Waals surface area contributed by atoms with Crippen molar-refractivity contribution in [2.24, 2.45) is 5.73 Å². The van der Waals surface area contributed by atoms with Crippen molar-refractivity contribution in [1.82, 2.24) is 0 Å². The zero-order chi connectivity index (χ0) is 9.23. The molecule has 70 valence electrons. The predicted molar refractivity (Wildman–Crippen MR) is 48.7 cm³/mol. The van der Waals surface area contributed by atoms with Gasteiger partial charge in [-0.3, -0.25) is 0 Å². The van der Waals surface area contributed by atoms with Gasteiger partial charge < -0.3 is 15.2 Å². The lowest BCUT2D eigenvalue weighted by Gasteiger charge is -2.09. The summed E-state index contributed by atoms with van der Waals surface area (Å²) in [5, 5.41) is 0. The summed E-state index contributed by atoms with van der Waals surface area (Å²) >= 11 is 0. The second-order valence-corrected chi connectivity index (χ2v) is 2.57. The molecule has 3 nitrogen and oxygen atoms in total. The van der Waals surface area contributed by atoms with Gasteiger partial charge in [-0.25, -0.2) is 0 Å². The maximum Gasteiger partial charge on any atom is 0.0701 e. The van der Waals surface area contributed by atoms with Crippen LogP contribution in [0.5, 0.6) is 0 Å². The first-order chi connectivity index (χ1) is 5.81. The van der Waals surface area contributed by atoms with Gasteiger partial charge in [-0.15, -0.1) is 12.3 Å². The number of ether oxygens (including phenoxy) is 2. The average molecular weight is 171 g/mol. The standard InChI is InChI=1S/C9H17NO2/c1-3-4-5-9(10)8-12-7-6-11-2/h1,9H,4-8,10H2,2H3. The van der Waals surface area contributed by atoms with E-state index in [0.717, 1.165) is 12.8 Å². The van der Waals surface area contributed by atoms with Crippen LogP contribution in [0.25, 0.3) is 0 Å². The lowest BCUT2D eigenvalue weighted by molar-refractivity contribution is 0.0628. The molecule has 0 aromatic heterocycles. The minimum atomic E-state index is 0.0536. The number of nitrogens with two attached hydrogens (primary N) is 1. The van der Waals surface area contributed by atoms with Crippen LogP contribution in [0.2, 0.25) is 0 Å². The Morgan fingerprint density at radius 1 is 1.50 bits per heavy atom. The quantitative estimate of drug-likeness (QED) is 0.445. The Bertz CT molecular complexity index is 131. The van der Waals surface area contributed by atoms with E-state index in [9.17, 15) is 0 Å². The maximum absolute atomic E-state index is 5.68. The van der Waals surface area contributed by atoms with Crippen molar-refractivity contribution >= 4 is 0 Å². The van der Waals surface area contributed by atoms with Crippen molar-refractivity contribution in [3.8, 4) is 12.3 Å². The third-order valence-corrected chi connectivity index (χ3v) is 1.42. The molecule has 0 amide bonds. The Balaban J connectivity index is 3.09. The van der Waals surface area contributed by atoms with Gasteiger partial charge in [-0.05, 0) is 6.42 Å².